The van der Waals surface area contributed by atoms with Crippen molar-refractivity contribution >= 4 is 40.9 Å². The third kappa shape index (κ3) is 4.16. The summed E-state index contributed by atoms with van der Waals surface area (Å²) in [4.78, 5) is 27.6. The van der Waals surface area contributed by atoms with Crippen LogP contribution in [0.5, 0.6) is 0 Å². The Morgan fingerprint density at radius 3 is 2.14 bits per heavy atom. The zero-order valence-electron chi connectivity index (χ0n) is 20.3. The first kappa shape index (κ1) is 23.5. The second kappa shape index (κ2) is 9.40. The number of aromatic nitrogens is 1. The summed E-state index contributed by atoms with van der Waals surface area (Å²) in [7, 11) is 0. The Bertz CT molecular complexity index is 1530. The molecule has 0 bridgehead atoms. The van der Waals surface area contributed by atoms with Crippen molar-refractivity contribution in [3.05, 3.63) is 113 Å². The number of amides is 2. The molecule has 2 heterocycles. The van der Waals surface area contributed by atoms with E-state index in [-0.39, 0.29) is 10.7 Å². The van der Waals surface area contributed by atoms with Crippen LogP contribution in [-0.2, 0) is 9.59 Å². The molecule has 1 aliphatic heterocycles. The molecule has 1 aromatic heterocycles. The van der Waals surface area contributed by atoms with Crippen molar-refractivity contribution in [2.45, 2.75) is 20.8 Å². The number of rotatable bonds is 4. The smallest absolute Gasteiger partial charge is 0.270 e. The van der Waals surface area contributed by atoms with Gasteiger partial charge in [0.05, 0.1) is 5.69 Å². The molecular formula is C30H25N3O2S. The standard InChI is InChI=1S/C30H25N3O2S/c1-19-9-7-8-12-27(19)33-29(35)26(28(34)31-30(33)36)18-24-17-20(2)32(21(24)3)25-15-13-23(14-16-25)22-10-5-4-6-11-22/h4-18H,1-3H3,(H,31,34,36)/b26-18-. The number of benzene rings is 3. The fraction of sp³-hybridized carbons (Fsp3) is 0.100. The highest BCUT2D eigenvalue weighted by Gasteiger charge is 2.35. The topological polar surface area (TPSA) is 54.3 Å². The van der Waals surface area contributed by atoms with E-state index in [1.54, 1.807) is 6.08 Å². The number of hydrogen-bond acceptors (Lipinski definition) is 3. The van der Waals surface area contributed by atoms with Crippen LogP contribution >= 0.6 is 12.2 Å². The van der Waals surface area contributed by atoms with Gasteiger partial charge in [0.15, 0.2) is 5.11 Å². The molecule has 0 unspecified atom stereocenters. The minimum atomic E-state index is -0.494. The molecule has 178 valence electrons. The maximum absolute atomic E-state index is 13.5. The van der Waals surface area contributed by atoms with Gasteiger partial charge in [-0.1, -0.05) is 60.7 Å². The Morgan fingerprint density at radius 2 is 1.44 bits per heavy atom. The van der Waals surface area contributed by atoms with Crippen molar-refractivity contribution in [1.82, 2.24) is 9.88 Å². The Hall–Kier alpha value is -4.29. The Kier molecular flexibility index (Phi) is 6.12. The van der Waals surface area contributed by atoms with E-state index < -0.39 is 11.8 Å². The number of nitrogens with one attached hydrogen (secondary N) is 1. The van der Waals surface area contributed by atoms with E-state index in [1.165, 1.54) is 4.90 Å². The number of thiocarbonyl (C=S) groups is 1. The van der Waals surface area contributed by atoms with Crippen LogP contribution in [0.25, 0.3) is 22.9 Å². The largest absolute Gasteiger partial charge is 0.318 e. The van der Waals surface area contributed by atoms with E-state index in [4.69, 9.17) is 12.2 Å². The summed E-state index contributed by atoms with van der Waals surface area (Å²) < 4.78 is 2.12. The van der Waals surface area contributed by atoms with Crippen LogP contribution in [0.2, 0.25) is 0 Å². The van der Waals surface area contributed by atoms with E-state index in [0.717, 1.165) is 39.3 Å². The van der Waals surface area contributed by atoms with E-state index in [2.05, 4.69) is 46.3 Å². The molecule has 0 atom stereocenters. The van der Waals surface area contributed by atoms with Crippen LogP contribution in [0.4, 0.5) is 5.69 Å². The van der Waals surface area contributed by atoms with Crippen molar-refractivity contribution in [3.8, 4) is 16.8 Å². The van der Waals surface area contributed by atoms with Gasteiger partial charge in [-0.15, -0.1) is 0 Å². The van der Waals surface area contributed by atoms with Gasteiger partial charge in [-0.3, -0.25) is 19.8 Å². The van der Waals surface area contributed by atoms with Crippen LogP contribution in [0, 0.1) is 20.8 Å². The third-order valence-electron chi connectivity index (χ3n) is 6.46. The quantitative estimate of drug-likeness (QED) is 0.220. The summed E-state index contributed by atoms with van der Waals surface area (Å²) >= 11 is 5.34. The molecule has 5 nitrogen and oxygen atoms in total. The summed E-state index contributed by atoms with van der Waals surface area (Å²) in [5, 5.41) is 2.76. The van der Waals surface area contributed by atoms with Crippen molar-refractivity contribution in [3.63, 3.8) is 0 Å². The van der Waals surface area contributed by atoms with Gasteiger partial charge >= 0.3 is 0 Å². The molecule has 0 radical (unpaired) electrons. The number of anilines is 1. The summed E-state index contributed by atoms with van der Waals surface area (Å²) in [6.45, 7) is 5.90. The summed E-state index contributed by atoms with van der Waals surface area (Å²) in [6.07, 6.45) is 1.65. The molecule has 0 spiro atoms. The molecule has 1 aliphatic rings. The zero-order chi connectivity index (χ0) is 25.4. The molecule has 36 heavy (non-hydrogen) atoms. The fourth-order valence-electron chi connectivity index (χ4n) is 4.61. The second-order valence-electron chi connectivity index (χ2n) is 8.82. The molecule has 1 saturated heterocycles. The van der Waals surface area contributed by atoms with Crippen molar-refractivity contribution in [2.24, 2.45) is 0 Å². The molecule has 5 rings (SSSR count). The van der Waals surface area contributed by atoms with E-state index in [9.17, 15) is 9.59 Å². The molecule has 0 saturated carbocycles. The summed E-state index contributed by atoms with van der Waals surface area (Å²) in [5.74, 6) is -0.929. The van der Waals surface area contributed by atoms with Crippen molar-refractivity contribution < 1.29 is 9.59 Å². The maximum atomic E-state index is 13.5. The Balaban J connectivity index is 1.51. The minimum Gasteiger partial charge on any atom is -0.318 e. The molecule has 6 heteroatoms. The SMILES string of the molecule is Cc1ccccc1N1C(=O)/C(=C\c2cc(C)n(-c3ccc(-c4ccccc4)cc3)c2C)C(=O)NC1=S. The zero-order valence-corrected chi connectivity index (χ0v) is 21.1. The first-order chi connectivity index (χ1) is 17.3. The number of para-hydroxylation sites is 1. The first-order valence-electron chi connectivity index (χ1n) is 11.7. The third-order valence-corrected chi connectivity index (χ3v) is 6.75. The molecule has 4 aromatic rings. The lowest BCUT2D eigenvalue weighted by atomic mass is 10.1. The molecule has 0 aliphatic carbocycles. The highest BCUT2D eigenvalue weighted by Crippen LogP contribution is 2.28. The predicted octanol–water partition coefficient (Wildman–Crippen LogP) is 5.90. The highest BCUT2D eigenvalue weighted by molar-refractivity contribution is 7.80. The molecule has 1 N–H and O–H groups in total. The van der Waals surface area contributed by atoms with Crippen LogP contribution < -0.4 is 10.2 Å². The van der Waals surface area contributed by atoms with Gasteiger partial charge in [-0.05, 0) is 85.6 Å². The van der Waals surface area contributed by atoms with Crippen LogP contribution in [-0.4, -0.2) is 21.5 Å². The lowest BCUT2D eigenvalue weighted by molar-refractivity contribution is -0.122. The van der Waals surface area contributed by atoms with Crippen LogP contribution in [0.3, 0.4) is 0 Å². The first-order valence-corrected chi connectivity index (χ1v) is 12.1. The van der Waals surface area contributed by atoms with E-state index >= 15 is 0 Å². The number of carbonyl (C=O) groups is 2. The van der Waals surface area contributed by atoms with Crippen LogP contribution in [0.1, 0.15) is 22.5 Å². The van der Waals surface area contributed by atoms with Gasteiger partial charge in [0, 0.05) is 17.1 Å². The Morgan fingerprint density at radius 1 is 0.806 bits per heavy atom. The number of aryl methyl sites for hydroxylation is 2. The average molecular weight is 492 g/mol. The summed E-state index contributed by atoms with van der Waals surface area (Å²) in [5.41, 5.74) is 7.64. The number of carbonyl (C=O) groups excluding carboxylic acids is 2. The van der Waals surface area contributed by atoms with Gasteiger partial charge in [0.1, 0.15) is 5.57 Å². The molecule has 2 amide bonds. The normalized spacial score (nSPS) is 14.9. The van der Waals surface area contributed by atoms with Gasteiger partial charge in [0.2, 0.25) is 0 Å². The highest BCUT2D eigenvalue weighted by atomic mass is 32.1. The Labute approximate surface area is 215 Å². The minimum absolute atomic E-state index is 0.0477. The van der Waals surface area contributed by atoms with E-state index in [0.29, 0.717) is 5.69 Å². The van der Waals surface area contributed by atoms with Gasteiger partial charge in [0.25, 0.3) is 11.8 Å². The van der Waals surface area contributed by atoms with Crippen molar-refractivity contribution in [1.29, 1.82) is 0 Å². The van der Waals surface area contributed by atoms with Gasteiger partial charge in [-0.25, -0.2) is 0 Å². The molecule has 1 fully saturated rings. The number of nitrogens with zero attached hydrogens (tertiary/aromatic N) is 2. The summed E-state index contributed by atoms with van der Waals surface area (Å²) in [6, 6.07) is 28.0. The lowest BCUT2D eigenvalue weighted by Gasteiger charge is -2.30. The average Bonchev–Trinajstić information content (AvgIpc) is 3.16. The maximum Gasteiger partial charge on any atom is 0.270 e. The number of hydrogen-bond donors (Lipinski definition) is 1. The van der Waals surface area contributed by atoms with Gasteiger partial charge < -0.3 is 4.57 Å². The van der Waals surface area contributed by atoms with Gasteiger partial charge in [-0.2, -0.15) is 0 Å². The van der Waals surface area contributed by atoms with Crippen molar-refractivity contribution in [2.75, 3.05) is 4.90 Å². The predicted molar refractivity (Wildman–Crippen MR) is 148 cm³/mol. The van der Waals surface area contributed by atoms with E-state index in [1.807, 2.05) is 69.3 Å². The molecular weight excluding hydrogens is 466 g/mol. The molecule has 3 aromatic carbocycles. The van der Waals surface area contributed by atoms with Crippen LogP contribution in [0.15, 0.2) is 90.5 Å². The monoisotopic (exact) mass is 491 g/mol. The fourth-order valence-corrected chi connectivity index (χ4v) is 4.88. The second-order valence-corrected chi connectivity index (χ2v) is 9.21. The lowest BCUT2D eigenvalue weighted by Crippen LogP contribution is -2.54.